The van der Waals surface area contributed by atoms with Crippen LogP contribution in [0.4, 0.5) is 13.2 Å². The number of likely N-dealkylation sites (tertiary alicyclic amines) is 1. The molecule has 1 aliphatic heterocycles. The highest BCUT2D eigenvalue weighted by Crippen LogP contribution is 2.35. The number of carbonyl (C=O) groups excluding carboxylic acids is 1. The van der Waals surface area contributed by atoms with Gasteiger partial charge in [0, 0.05) is 43.7 Å². The number of nitrogens with zero attached hydrogens (tertiary/aromatic N) is 2. The molecule has 0 spiro atoms. The SMILES string of the molecule is CC(C)N(CC1CN(Cc2ccc(F)c(F)c2)CC1c1ccc(F)cc1)C(=O)c1ccccc1. The third-order valence-corrected chi connectivity index (χ3v) is 6.54. The Labute approximate surface area is 198 Å². The minimum Gasteiger partial charge on any atom is -0.336 e. The van der Waals surface area contributed by atoms with Crippen molar-refractivity contribution in [2.24, 2.45) is 5.92 Å². The van der Waals surface area contributed by atoms with E-state index in [2.05, 4.69) is 4.90 Å². The zero-order chi connectivity index (χ0) is 24.2. The van der Waals surface area contributed by atoms with E-state index in [4.69, 9.17) is 0 Å². The van der Waals surface area contributed by atoms with Gasteiger partial charge in [-0.3, -0.25) is 9.69 Å². The molecule has 2 unspecified atom stereocenters. The Bertz CT molecular complexity index is 1120. The second kappa shape index (κ2) is 10.4. The third kappa shape index (κ3) is 5.50. The predicted octanol–water partition coefficient (Wildman–Crippen LogP) is 5.87. The van der Waals surface area contributed by atoms with E-state index < -0.39 is 11.6 Å². The van der Waals surface area contributed by atoms with Crippen molar-refractivity contribution in [3.8, 4) is 0 Å². The topological polar surface area (TPSA) is 23.6 Å². The molecule has 178 valence electrons. The van der Waals surface area contributed by atoms with E-state index in [0.29, 0.717) is 37.3 Å². The van der Waals surface area contributed by atoms with Crippen LogP contribution in [0.2, 0.25) is 0 Å². The van der Waals surface area contributed by atoms with Crippen molar-refractivity contribution >= 4 is 5.91 Å². The Morgan fingerprint density at radius 2 is 1.65 bits per heavy atom. The lowest BCUT2D eigenvalue weighted by atomic mass is 9.88. The molecular formula is C28H29F3N2O. The molecule has 1 heterocycles. The Morgan fingerprint density at radius 1 is 0.941 bits per heavy atom. The molecule has 1 amide bonds. The summed E-state index contributed by atoms with van der Waals surface area (Å²) in [4.78, 5) is 17.4. The van der Waals surface area contributed by atoms with Crippen LogP contribution in [0.1, 0.15) is 41.3 Å². The summed E-state index contributed by atoms with van der Waals surface area (Å²) in [5, 5.41) is 0. The summed E-state index contributed by atoms with van der Waals surface area (Å²) in [6, 6.07) is 19.7. The first-order valence-electron chi connectivity index (χ1n) is 11.6. The standard InChI is InChI=1S/C28H29F3N2O/c1-19(2)33(28(34)22-6-4-3-5-7-22)17-23-16-32(15-20-8-13-26(30)27(31)14-20)18-25(23)21-9-11-24(29)12-10-21/h3-14,19,23,25H,15-18H2,1-2H3. The van der Waals surface area contributed by atoms with Gasteiger partial charge in [-0.15, -0.1) is 0 Å². The zero-order valence-electron chi connectivity index (χ0n) is 19.4. The number of halogens is 3. The monoisotopic (exact) mass is 466 g/mol. The van der Waals surface area contributed by atoms with E-state index in [0.717, 1.165) is 11.6 Å². The van der Waals surface area contributed by atoms with Crippen LogP contribution in [-0.2, 0) is 6.54 Å². The van der Waals surface area contributed by atoms with Gasteiger partial charge in [-0.25, -0.2) is 13.2 Å². The number of hydrogen-bond donors (Lipinski definition) is 0. The maximum Gasteiger partial charge on any atom is 0.254 e. The van der Waals surface area contributed by atoms with Crippen LogP contribution in [0.5, 0.6) is 0 Å². The lowest BCUT2D eigenvalue weighted by Crippen LogP contribution is -2.42. The van der Waals surface area contributed by atoms with E-state index in [-0.39, 0.29) is 29.6 Å². The summed E-state index contributed by atoms with van der Waals surface area (Å²) in [7, 11) is 0. The molecule has 4 rings (SSSR count). The molecule has 34 heavy (non-hydrogen) atoms. The van der Waals surface area contributed by atoms with E-state index in [1.165, 1.54) is 18.2 Å². The second-order valence-corrected chi connectivity index (χ2v) is 9.28. The Hall–Kier alpha value is -3.12. The molecule has 0 bridgehead atoms. The van der Waals surface area contributed by atoms with E-state index in [1.54, 1.807) is 18.2 Å². The molecule has 3 aromatic carbocycles. The van der Waals surface area contributed by atoms with Gasteiger partial charge in [-0.05, 0) is 67.3 Å². The lowest BCUT2D eigenvalue weighted by molar-refractivity contribution is 0.0668. The second-order valence-electron chi connectivity index (χ2n) is 9.28. The van der Waals surface area contributed by atoms with Gasteiger partial charge in [0.1, 0.15) is 5.82 Å². The molecule has 0 aliphatic carbocycles. The summed E-state index contributed by atoms with van der Waals surface area (Å²) in [5.74, 6) is -1.85. The molecule has 0 aromatic heterocycles. The fraction of sp³-hybridized carbons (Fsp3) is 0.321. The van der Waals surface area contributed by atoms with E-state index in [9.17, 15) is 18.0 Å². The fourth-order valence-corrected chi connectivity index (χ4v) is 4.79. The van der Waals surface area contributed by atoms with Gasteiger partial charge in [0.15, 0.2) is 11.6 Å². The first-order valence-corrected chi connectivity index (χ1v) is 11.6. The summed E-state index contributed by atoms with van der Waals surface area (Å²) in [6.45, 7) is 6.39. The predicted molar refractivity (Wildman–Crippen MR) is 127 cm³/mol. The molecule has 3 nitrogen and oxygen atoms in total. The van der Waals surface area contributed by atoms with Crippen LogP contribution in [0.3, 0.4) is 0 Å². The minimum atomic E-state index is -0.862. The number of amides is 1. The summed E-state index contributed by atoms with van der Waals surface area (Å²) in [6.07, 6.45) is 0. The van der Waals surface area contributed by atoms with Gasteiger partial charge in [-0.1, -0.05) is 36.4 Å². The van der Waals surface area contributed by atoms with Crippen LogP contribution in [0, 0.1) is 23.4 Å². The molecule has 3 aromatic rings. The summed E-state index contributed by atoms with van der Waals surface area (Å²) >= 11 is 0. The van der Waals surface area contributed by atoms with Crippen LogP contribution in [-0.4, -0.2) is 41.4 Å². The molecule has 2 atom stereocenters. The van der Waals surface area contributed by atoms with Crippen molar-refractivity contribution in [1.29, 1.82) is 0 Å². The Balaban J connectivity index is 1.58. The number of carbonyl (C=O) groups is 1. The number of benzene rings is 3. The van der Waals surface area contributed by atoms with Crippen LogP contribution in [0.15, 0.2) is 72.8 Å². The molecular weight excluding hydrogens is 437 g/mol. The van der Waals surface area contributed by atoms with Gasteiger partial charge < -0.3 is 4.90 Å². The van der Waals surface area contributed by atoms with E-state index >= 15 is 0 Å². The van der Waals surface area contributed by atoms with Crippen molar-refractivity contribution in [2.75, 3.05) is 19.6 Å². The smallest absolute Gasteiger partial charge is 0.254 e. The fourth-order valence-electron chi connectivity index (χ4n) is 4.79. The third-order valence-electron chi connectivity index (χ3n) is 6.54. The largest absolute Gasteiger partial charge is 0.336 e. The van der Waals surface area contributed by atoms with Crippen LogP contribution >= 0.6 is 0 Å². The van der Waals surface area contributed by atoms with Crippen molar-refractivity contribution in [2.45, 2.75) is 32.4 Å². The summed E-state index contributed by atoms with van der Waals surface area (Å²) in [5.41, 5.74) is 2.35. The normalized spacial score (nSPS) is 18.4. The molecule has 6 heteroatoms. The van der Waals surface area contributed by atoms with Crippen LogP contribution < -0.4 is 0 Å². The molecule has 0 N–H and O–H groups in total. The zero-order valence-corrected chi connectivity index (χ0v) is 19.4. The van der Waals surface area contributed by atoms with Gasteiger partial charge >= 0.3 is 0 Å². The average Bonchev–Trinajstić information content (AvgIpc) is 3.22. The highest BCUT2D eigenvalue weighted by molar-refractivity contribution is 5.94. The molecule has 1 aliphatic rings. The maximum absolute atomic E-state index is 13.7. The molecule has 1 fully saturated rings. The van der Waals surface area contributed by atoms with Crippen molar-refractivity contribution in [1.82, 2.24) is 9.80 Å². The highest BCUT2D eigenvalue weighted by Gasteiger charge is 2.36. The van der Waals surface area contributed by atoms with Gasteiger partial charge in [0.2, 0.25) is 0 Å². The molecule has 1 saturated heterocycles. The first kappa shape index (κ1) is 24.0. The highest BCUT2D eigenvalue weighted by atomic mass is 19.2. The quantitative estimate of drug-likeness (QED) is 0.435. The number of hydrogen-bond acceptors (Lipinski definition) is 2. The Morgan fingerprint density at radius 3 is 2.29 bits per heavy atom. The summed E-state index contributed by atoms with van der Waals surface area (Å²) < 4.78 is 40.7. The van der Waals surface area contributed by atoms with Crippen molar-refractivity contribution < 1.29 is 18.0 Å². The minimum absolute atomic E-state index is 0.00168. The number of rotatable bonds is 7. The molecule has 0 radical (unpaired) electrons. The average molecular weight is 467 g/mol. The first-order chi connectivity index (χ1) is 16.3. The van der Waals surface area contributed by atoms with Gasteiger partial charge in [0.25, 0.3) is 5.91 Å². The van der Waals surface area contributed by atoms with Gasteiger partial charge in [-0.2, -0.15) is 0 Å². The maximum atomic E-state index is 13.7. The van der Waals surface area contributed by atoms with Gasteiger partial charge in [0.05, 0.1) is 0 Å². The van der Waals surface area contributed by atoms with Crippen LogP contribution in [0.25, 0.3) is 0 Å². The lowest BCUT2D eigenvalue weighted by Gasteiger charge is -2.32. The Kier molecular flexibility index (Phi) is 7.37. The van der Waals surface area contributed by atoms with E-state index in [1.807, 2.05) is 49.1 Å². The van der Waals surface area contributed by atoms with Crippen molar-refractivity contribution in [3.05, 3.63) is 107 Å². The van der Waals surface area contributed by atoms with Crippen molar-refractivity contribution in [3.63, 3.8) is 0 Å². The molecule has 0 saturated carbocycles.